The third kappa shape index (κ3) is 8.63. The highest BCUT2D eigenvalue weighted by Gasteiger charge is 2.21. The Balaban J connectivity index is 4.15. The molecule has 1 unspecified atom stereocenters. The van der Waals surface area contributed by atoms with Gasteiger partial charge in [-0.15, -0.1) is 0 Å². The summed E-state index contributed by atoms with van der Waals surface area (Å²) in [5.74, 6) is -2.56. The van der Waals surface area contributed by atoms with Gasteiger partial charge >= 0.3 is 17.9 Å². The third-order valence-corrected chi connectivity index (χ3v) is 2.92. The predicted octanol–water partition coefficient (Wildman–Crippen LogP) is 1.16. The van der Waals surface area contributed by atoms with Crippen molar-refractivity contribution in [2.75, 3.05) is 11.5 Å². The zero-order valence-electron chi connectivity index (χ0n) is 10.00. The minimum absolute atomic E-state index is 0.155. The zero-order chi connectivity index (χ0) is 14.0. The van der Waals surface area contributed by atoms with E-state index >= 15 is 0 Å². The van der Waals surface area contributed by atoms with Gasteiger partial charge in [-0.1, -0.05) is 13.3 Å². The number of thioether (sulfide) groups is 1. The molecule has 0 radical (unpaired) electrons. The fourth-order valence-corrected chi connectivity index (χ4v) is 2.00. The Morgan fingerprint density at radius 1 is 1.28 bits per heavy atom. The van der Waals surface area contributed by atoms with Gasteiger partial charge in [0, 0.05) is 17.9 Å². The summed E-state index contributed by atoms with van der Waals surface area (Å²) in [6.07, 6.45) is 2.01. The molecular formula is C11H16O6S. The van der Waals surface area contributed by atoms with Crippen molar-refractivity contribution in [2.45, 2.75) is 25.9 Å². The molecule has 0 rings (SSSR count). The summed E-state index contributed by atoms with van der Waals surface area (Å²) in [5, 5.41) is 17.1. The van der Waals surface area contributed by atoms with Crippen molar-refractivity contribution in [3.63, 3.8) is 0 Å². The molecule has 0 aliphatic rings. The monoisotopic (exact) mass is 276 g/mol. The van der Waals surface area contributed by atoms with Crippen LogP contribution in [-0.2, 0) is 19.1 Å². The van der Waals surface area contributed by atoms with E-state index < -0.39 is 24.0 Å². The lowest BCUT2D eigenvalue weighted by Gasteiger charge is -2.11. The number of hydrogen-bond donors (Lipinski definition) is 2. The molecule has 0 bridgehead atoms. The molecule has 0 saturated heterocycles. The second-order valence-electron chi connectivity index (χ2n) is 3.36. The summed E-state index contributed by atoms with van der Waals surface area (Å²) >= 11 is 1.38. The van der Waals surface area contributed by atoms with Crippen molar-refractivity contribution in [1.29, 1.82) is 0 Å². The molecule has 0 amide bonds. The number of rotatable bonds is 9. The molecule has 0 fully saturated rings. The van der Waals surface area contributed by atoms with Crippen molar-refractivity contribution < 1.29 is 29.3 Å². The average Bonchev–Trinajstić information content (AvgIpc) is 2.30. The first-order valence-corrected chi connectivity index (χ1v) is 6.55. The number of carbonyl (C=O) groups excluding carboxylic acids is 1. The van der Waals surface area contributed by atoms with Crippen LogP contribution in [-0.4, -0.2) is 45.7 Å². The topological polar surface area (TPSA) is 101 Å². The summed E-state index contributed by atoms with van der Waals surface area (Å²) in [4.78, 5) is 32.1. The van der Waals surface area contributed by atoms with Crippen molar-refractivity contribution in [3.8, 4) is 0 Å². The number of esters is 1. The molecule has 0 aromatic rings. The van der Waals surface area contributed by atoms with Crippen LogP contribution < -0.4 is 0 Å². The van der Waals surface area contributed by atoms with Crippen LogP contribution in [0.25, 0.3) is 0 Å². The van der Waals surface area contributed by atoms with E-state index in [-0.39, 0.29) is 5.75 Å². The van der Waals surface area contributed by atoms with Crippen LogP contribution in [0, 0.1) is 0 Å². The lowest BCUT2D eigenvalue weighted by atomic mass is 10.4. The maximum absolute atomic E-state index is 11.1. The highest BCUT2D eigenvalue weighted by atomic mass is 32.2. The molecule has 1 atom stereocenters. The molecule has 7 heteroatoms. The summed E-state index contributed by atoms with van der Waals surface area (Å²) in [6, 6.07) is 0. The number of carboxylic acids is 2. The van der Waals surface area contributed by atoms with Crippen LogP contribution in [0.1, 0.15) is 19.8 Å². The van der Waals surface area contributed by atoms with Crippen molar-refractivity contribution in [3.05, 3.63) is 12.2 Å². The standard InChI is InChI=1S/C11H16O6S/c1-2-3-6-18-7-8(11(15)16)17-10(14)5-4-9(12)13/h4-5,8H,2-3,6-7H2,1H3,(H,12,13)(H,15,16). The second kappa shape index (κ2) is 9.52. The minimum atomic E-state index is -1.30. The largest absolute Gasteiger partial charge is 0.478 e. The van der Waals surface area contributed by atoms with Crippen molar-refractivity contribution in [2.24, 2.45) is 0 Å². The fourth-order valence-electron chi connectivity index (χ4n) is 0.911. The highest BCUT2D eigenvalue weighted by molar-refractivity contribution is 7.99. The molecule has 2 N–H and O–H groups in total. The van der Waals surface area contributed by atoms with Gasteiger partial charge in [0.15, 0.2) is 0 Å². The van der Waals surface area contributed by atoms with Gasteiger partial charge in [0.1, 0.15) is 0 Å². The summed E-state index contributed by atoms with van der Waals surface area (Å²) in [5.41, 5.74) is 0. The van der Waals surface area contributed by atoms with Gasteiger partial charge in [0.05, 0.1) is 0 Å². The van der Waals surface area contributed by atoms with Gasteiger partial charge in [-0.2, -0.15) is 11.8 Å². The molecular weight excluding hydrogens is 260 g/mol. The minimum Gasteiger partial charge on any atom is -0.478 e. The molecule has 18 heavy (non-hydrogen) atoms. The van der Waals surface area contributed by atoms with Crippen LogP contribution >= 0.6 is 11.8 Å². The predicted molar refractivity (Wildman–Crippen MR) is 66.5 cm³/mol. The van der Waals surface area contributed by atoms with Crippen LogP contribution in [0.2, 0.25) is 0 Å². The third-order valence-electron chi connectivity index (χ3n) is 1.81. The van der Waals surface area contributed by atoms with Gasteiger partial charge in [-0.3, -0.25) is 0 Å². The summed E-state index contributed by atoms with van der Waals surface area (Å²) < 4.78 is 4.63. The smallest absolute Gasteiger partial charge is 0.345 e. The Hall–Kier alpha value is -1.50. The van der Waals surface area contributed by atoms with E-state index in [4.69, 9.17) is 10.2 Å². The van der Waals surface area contributed by atoms with Crippen molar-refractivity contribution in [1.82, 2.24) is 0 Å². The lowest BCUT2D eigenvalue weighted by molar-refractivity contribution is -0.158. The maximum Gasteiger partial charge on any atom is 0.345 e. The van der Waals surface area contributed by atoms with E-state index in [9.17, 15) is 14.4 Å². The number of ether oxygens (including phenoxy) is 1. The summed E-state index contributed by atoms with van der Waals surface area (Å²) in [6.45, 7) is 2.02. The van der Waals surface area contributed by atoms with E-state index in [1.807, 2.05) is 6.92 Å². The van der Waals surface area contributed by atoms with E-state index in [0.717, 1.165) is 18.6 Å². The quantitative estimate of drug-likeness (QED) is 0.370. The molecule has 6 nitrogen and oxygen atoms in total. The number of carbonyl (C=O) groups is 3. The molecule has 0 aromatic heterocycles. The molecule has 0 heterocycles. The van der Waals surface area contributed by atoms with Gasteiger partial charge in [0.2, 0.25) is 6.10 Å². The molecule has 0 spiro atoms. The Morgan fingerprint density at radius 2 is 1.94 bits per heavy atom. The Labute approximate surface area is 109 Å². The molecule has 102 valence electrons. The van der Waals surface area contributed by atoms with Crippen LogP contribution in [0.5, 0.6) is 0 Å². The molecule has 0 saturated carbocycles. The first-order chi connectivity index (χ1) is 8.47. The van der Waals surface area contributed by atoms with Gasteiger partial charge in [-0.25, -0.2) is 14.4 Å². The van der Waals surface area contributed by atoms with Crippen LogP contribution in [0.4, 0.5) is 0 Å². The van der Waals surface area contributed by atoms with Crippen LogP contribution in [0.15, 0.2) is 12.2 Å². The summed E-state index contributed by atoms with van der Waals surface area (Å²) in [7, 11) is 0. The fraction of sp³-hybridized carbons (Fsp3) is 0.545. The first-order valence-electron chi connectivity index (χ1n) is 5.39. The Morgan fingerprint density at radius 3 is 2.44 bits per heavy atom. The highest BCUT2D eigenvalue weighted by Crippen LogP contribution is 2.09. The number of carboxylic acid groups (broad SMARTS) is 2. The van der Waals surface area contributed by atoms with Crippen LogP contribution in [0.3, 0.4) is 0 Å². The Bertz CT molecular complexity index is 325. The zero-order valence-corrected chi connectivity index (χ0v) is 10.8. The molecule has 0 aromatic carbocycles. The number of aliphatic carboxylic acids is 2. The molecule has 0 aliphatic heterocycles. The van der Waals surface area contributed by atoms with Gasteiger partial charge in [-0.05, 0) is 12.2 Å². The van der Waals surface area contributed by atoms with Gasteiger partial charge in [0.25, 0.3) is 0 Å². The SMILES string of the molecule is CCCCSCC(OC(=O)C=CC(=O)O)C(=O)O. The lowest BCUT2D eigenvalue weighted by Crippen LogP contribution is -2.29. The number of hydrogen-bond acceptors (Lipinski definition) is 5. The van der Waals surface area contributed by atoms with E-state index in [1.54, 1.807) is 0 Å². The van der Waals surface area contributed by atoms with Crippen molar-refractivity contribution >= 4 is 29.7 Å². The van der Waals surface area contributed by atoms with E-state index in [2.05, 4.69) is 4.74 Å². The Kier molecular flexibility index (Phi) is 8.73. The maximum atomic E-state index is 11.1. The van der Waals surface area contributed by atoms with E-state index in [1.165, 1.54) is 11.8 Å². The number of unbranched alkanes of at least 4 members (excludes halogenated alkanes) is 1. The average molecular weight is 276 g/mol. The first kappa shape index (κ1) is 16.5. The normalized spacial score (nSPS) is 12.3. The molecule has 0 aliphatic carbocycles. The second-order valence-corrected chi connectivity index (χ2v) is 4.51. The van der Waals surface area contributed by atoms with Gasteiger partial charge < -0.3 is 14.9 Å². The van der Waals surface area contributed by atoms with E-state index in [0.29, 0.717) is 12.2 Å².